The van der Waals surface area contributed by atoms with Gasteiger partial charge in [-0.25, -0.2) is 4.79 Å². The lowest BCUT2D eigenvalue weighted by Crippen LogP contribution is -2.49. The molecule has 1 saturated heterocycles. The van der Waals surface area contributed by atoms with Crippen LogP contribution in [-0.4, -0.2) is 65.7 Å². The van der Waals surface area contributed by atoms with Gasteiger partial charge in [0.25, 0.3) is 0 Å². The summed E-state index contributed by atoms with van der Waals surface area (Å²) >= 11 is 0. The quantitative estimate of drug-likeness (QED) is 0.804. The van der Waals surface area contributed by atoms with E-state index in [2.05, 4.69) is 17.1 Å². The molecule has 2 fully saturated rings. The molecule has 0 bridgehead atoms. The summed E-state index contributed by atoms with van der Waals surface area (Å²) in [7, 11) is 1.80. The summed E-state index contributed by atoms with van der Waals surface area (Å²) < 4.78 is 0. The number of aliphatic carboxylic acids is 1. The van der Waals surface area contributed by atoms with Crippen LogP contribution in [0.25, 0.3) is 0 Å². The van der Waals surface area contributed by atoms with E-state index in [0.29, 0.717) is 19.0 Å². The van der Waals surface area contributed by atoms with Crippen LogP contribution in [0.4, 0.5) is 4.79 Å². The first-order chi connectivity index (χ1) is 10.0. The van der Waals surface area contributed by atoms with E-state index in [1.54, 1.807) is 11.9 Å². The number of hydrogen-bond acceptors (Lipinski definition) is 3. The zero-order valence-electron chi connectivity index (χ0n) is 13.0. The molecule has 2 rings (SSSR count). The van der Waals surface area contributed by atoms with Gasteiger partial charge in [-0.05, 0) is 38.8 Å². The fourth-order valence-electron chi connectivity index (χ4n) is 3.61. The first-order valence-corrected chi connectivity index (χ1v) is 8.01. The molecule has 2 aliphatic rings. The molecule has 0 spiro atoms. The van der Waals surface area contributed by atoms with Crippen LogP contribution in [-0.2, 0) is 4.79 Å². The Labute approximate surface area is 126 Å². The maximum absolute atomic E-state index is 12.3. The Morgan fingerprint density at radius 3 is 2.71 bits per heavy atom. The van der Waals surface area contributed by atoms with Gasteiger partial charge < -0.3 is 15.3 Å². The Morgan fingerprint density at radius 1 is 1.29 bits per heavy atom. The predicted octanol–water partition coefficient (Wildman–Crippen LogP) is 1.37. The Bertz CT molecular complexity index is 388. The van der Waals surface area contributed by atoms with Crippen molar-refractivity contribution in [2.24, 2.45) is 5.92 Å². The number of likely N-dealkylation sites (N-methyl/N-ethyl adjacent to an activating group) is 2. The van der Waals surface area contributed by atoms with Gasteiger partial charge in [0.15, 0.2) is 0 Å². The number of nitrogens with one attached hydrogen (secondary N) is 1. The highest BCUT2D eigenvalue weighted by atomic mass is 16.4. The van der Waals surface area contributed by atoms with Crippen LogP contribution < -0.4 is 5.32 Å². The summed E-state index contributed by atoms with van der Waals surface area (Å²) in [6, 6.07) is 0.0732. The van der Waals surface area contributed by atoms with E-state index in [4.69, 9.17) is 5.11 Å². The van der Waals surface area contributed by atoms with Crippen molar-refractivity contribution in [2.45, 2.75) is 51.1 Å². The van der Waals surface area contributed by atoms with Crippen LogP contribution in [0, 0.1) is 5.92 Å². The van der Waals surface area contributed by atoms with Gasteiger partial charge in [-0.15, -0.1) is 0 Å². The lowest BCUT2D eigenvalue weighted by Gasteiger charge is -2.29. The molecule has 6 nitrogen and oxygen atoms in total. The SMILES string of the molecule is CCN1CCCC1CN(C)C(=O)NC1CCCC1C(=O)O. The fraction of sp³-hybridized carbons (Fsp3) is 0.867. The highest BCUT2D eigenvalue weighted by Gasteiger charge is 2.35. The van der Waals surface area contributed by atoms with E-state index in [0.717, 1.165) is 32.4 Å². The van der Waals surface area contributed by atoms with Gasteiger partial charge in [0.2, 0.25) is 0 Å². The molecule has 0 aromatic carbocycles. The van der Waals surface area contributed by atoms with E-state index < -0.39 is 11.9 Å². The van der Waals surface area contributed by atoms with E-state index in [-0.39, 0.29) is 12.1 Å². The van der Waals surface area contributed by atoms with Crippen molar-refractivity contribution < 1.29 is 14.7 Å². The fourth-order valence-corrected chi connectivity index (χ4v) is 3.61. The minimum atomic E-state index is -0.798. The minimum absolute atomic E-state index is 0.142. The van der Waals surface area contributed by atoms with Crippen LogP contribution in [0.2, 0.25) is 0 Å². The first-order valence-electron chi connectivity index (χ1n) is 8.01. The number of urea groups is 1. The number of rotatable bonds is 5. The number of likely N-dealkylation sites (tertiary alicyclic amines) is 1. The number of carbonyl (C=O) groups excluding carboxylic acids is 1. The molecule has 2 N–H and O–H groups in total. The van der Waals surface area contributed by atoms with Crippen molar-refractivity contribution in [3.05, 3.63) is 0 Å². The number of amides is 2. The van der Waals surface area contributed by atoms with Crippen molar-refractivity contribution in [3.63, 3.8) is 0 Å². The van der Waals surface area contributed by atoms with Gasteiger partial charge in [0.05, 0.1) is 5.92 Å². The molecule has 120 valence electrons. The molecule has 1 heterocycles. The Balaban J connectivity index is 1.83. The van der Waals surface area contributed by atoms with Crippen LogP contribution in [0.3, 0.4) is 0 Å². The number of carbonyl (C=O) groups is 2. The highest BCUT2D eigenvalue weighted by molar-refractivity contribution is 5.77. The monoisotopic (exact) mass is 297 g/mol. The lowest BCUT2D eigenvalue weighted by atomic mass is 10.0. The largest absolute Gasteiger partial charge is 0.481 e. The molecule has 3 unspecified atom stereocenters. The molecule has 2 amide bonds. The standard InChI is InChI=1S/C15H27N3O3/c1-3-18-9-5-6-11(18)10-17(2)15(21)16-13-8-4-7-12(13)14(19)20/h11-13H,3-10H2,1-2H3,(H,16,21)(H,19,20). The maximum Gasteiger partial charge on any atom is 0.317 e. The summed E-state index contributed by atoms with van der Waals surface area (Å²) in [5.41, 5.74) is 0. The third-order valence-corrected chi connectivity index (χ3v) is 4.88. The highest BCUT2D eigenvalue weighted by Crippen LogP contribution is 2.26. The Kier molecular flexibility index (Phi) is 5.45. The molecule has 0 aromatic rings. The Morgan fingerprint density at radius 2 is 2.05 bits per heavy atom. The third-order valence-electron chi connectivity index (χ3n) is 4.88. The maximum atomic E-state index is 12.3. The molecular weight excluding hydrogens is 270 g/mol. The second-order valence-electron chi connectivity index (χ2n) is 6.24. The zero-order chi connectivity index (χ0) is 15.4. The molecule has 0 aromatic heterocycles. The number of carboxylic acids is 1. The van der Waals surface area contributed by atoms with Crippen molar-refractivity contribution in [3.8, 4) is 0 Å². The summed E-state index contributed by atoms with van der Waals surface area (Å²) in [5.74, 6) is -1.23. The van der Waals surface area contributed by atoms with E-state index in [9.17, 15) is 9.59 Å². The number of hydrogen-bond donors (Lipinski definition) is 2. The number of carboxylic acid groups (broad SMARTS) is 1. The zero-order valence-corrected chi connectivity index (χ0v) is 13.0. The molecular formula is C15H27N3O3. The average molecular weight is 297 g/mol. The summed E-state index contributed by atoms with van der Waals surface area (Å²) in [6.07, 6.45) is 4.62. The van der Waals surface area contributed by atoms with E-state index in [1.165, 1.54) is 6.42 Å². The van der Waals surface area contributed by atoms with Crippen molar-refractivity contribution in [2.75, 3.05) is 26.7 Å². The third kappa shape index (κ3) is 3.87. The van der Waals surface area contributed by atoms with Gasteiger partial charge in [0.1, 0.15) is 0 Å². The van der Waals surface area contributed by atoms with Gasteiger partial charge in [0, 0.05) is 25.7 Å². The second kappa shape index (κ2) is 7.11. The summed E-state index contributed by atoms with van der Waals surface area (Å²) in [4.78, 5) is 27.5. The molecule has 0 radical (unpaired) electrons. The van der Waals surface area contributed by atoms with Gasteiger partial charge >= 0.3 is 12.0 Å². The van der Waals surface area contributed by atoms with Crippen LogP contribution in [0.15, 0.2) is 0 Å². The molecule has 21 heavy (non-hydrogen) atoms. The molecule has 1 aliphatic carbocycles. The topological polar surface area (TPSA) is 72.9 Å². The summed E-state index contributed by atoms with van der Waals surface area (Å²) in [5, 5.41) is 12.1. The molecule has 6 heteroatoms. The molecule has 3 atom stereocenters. The van der Waals surface area contributed by atoms with E-state index >= 15 is 0 Å². The van der Waals surface area contributed by atoms with Crippen molar-refractivity contribution in [1.29, 1.82) is 0 Å². The van der Waals surface area contributed by atoms with Crippen molar-refractivity contribution >= 4 is 12.0 Å². The minimum Gasteiger partial charge on any atom is -0.481 e. The average Bonchev–Trinajstić information content (AvgIpc) is 3.07. The Hall–Kier alpha value is -1.30. The van der Waals surface area contributed by atoms with Crippen LogP contribution in [0.5, 0.6) is 0 Å². The number of nitrogens with zero attached hydrogens (tertiary/aromatic N) is 2. The smallest absolute Gasteiger partial charge is 0.317 e. The van der Waals surface area contributed by atoms with Gasteiger partial charge in [-0.3, -0.25) is 9.69 Å². The van der Waals surface area contributed by atoms with Crippen molar-refractivity contribution in [1.82, 2.24) is 15.1 Å². The molecule has 1 aliphatic heterocycles. The van der Waals surface area contributed by atoms with Gasteiger partial charge in [-0.2, -0.15) is 0 Å². The summed E-state index contributed by atoms with van der Waals surface area (Å²) in [6.45, 7) is 4.99. The van der Waals surface area contributed by atoms with E-state index in [1.807, 2.05) is 0 Å². The molecule has 1 saturated carbocycles. The normalized spacial score (nSPS) is 29.5. The predicted molar refractivity (Wildman–Crippen MR) is 80.2 cm³/mol. The lowest BCUT2D eigenvalue weighted by molar-refractivity contribution is -0.142. The second-order valence-corrected chi connectivity index (χ2v) is 6.24. The first kappa shape index (κ1) is 16.1. The van der Waals surface area contributed by atoms with Crippen LogP contribution >= 0.6 is 0 Å². The van der Waals surface area contributed by atoms with Crippen LogP contribution in [0.1, 0.15) is 39.0 Å². The van der Waals surface area contributed by atoms with Gasteiger partial charge in [-0.1, -0.05) is 13.3 Å².